The minimum Gasteiger partial charge on any atom is -0.326 e. The molecule has 1 aromatic carbocycles. The van der Waals surface area contributed by atoms with E-state index >= 15 is 0 Å². The minimum atomic E-state index is 0.162. The number of carbonyl (C=O) groups is 1. The Hall–Kier alpha value is -1.35. The first-order chi connectivity index (χ1) is 8.22. The summed E-state index contributed by atoms with van der Waals surface area (Å²) in [6, 6.07) is 8.96. The second-order valence-electron chi connectivity index (χ2n) is 5.24. The summed E-state index contributed by atoms with van der Waals surface area (Å²) in [7, 11) is 0. The Bertz CT molecular complexity index is 426. The number of fused-ring (bicyclic) bond motifs is 2. The lowest BCUT2D eigenvalue weighted by Gasteiger charge is -2.19. The molecule has 2 aliphatic rings. The van der Waals surface area contributed by atoms with Crippen molar-refractivity contribution in [3.8, 4) is 0 Å². The highest BCUT2D eigenvalue weighted by molar-refractivity contribution is 5.93. The molecule has 0 saturated carbocycles. The van der Waals surface area contributed by atoms with E-state index in [-0.39, 0.29) is 11.8 Å². The number of nitrogens with one attached hydrogen (secondary N) is 2. The highest BCUT2D eigenvalue weighted by Crippen LogP contribution is 2.33. The Morgan fingerprint density at radius 1 is 1.29 bits per heavy atom. The molecule has 1 amide bonds. The molecule has 0 spiro atoms. The van der Waals surface area contributed by atoms with Gasteiger partial charge in [-0.25, -0.2) is 0 Å². The summed E-state index contributed by atoms with van der Waals surface area (Å²) in [6.07, 6.45) is 3.39. The molecule has 2 N–H and O–H groups in total. The Labute approximate surface area is 102 Å². The van der Waals surface area contributed by atoms with E-state index in [4.69, 9.17) is 0 Å². The fourth-order valence-corrected chi connectivity index (χ4v) is 2.99. The molecule has 0 aliphatic carbocycles. The van der Waals surface area contributed by atoms with Gasteiger partial charge in [-0.2, -0.15) is 0 Å². The van der Waals surface area contributed by atoms with Crippen LogP contribution in [-0.4, -0.2) is 18.0 Å². The number of amides is 1. The molecule has 2 bridgehead atoms. The van der Waals surface area contributed by atoms with Crippen molar-refractivity contribution >= 4 is 11.6 Å². The van der Waals surface area contributed by atoms with Crippen LogP contribution in [0.15, 0.2) is 24.3 Å². The van der Waals surface area contributed by atoms with Crippen molar-refractivity contribution < 1.29 is 4.79 Å². The Balaban J connectivity index is 1.65. The predicted octanol–water partition coefficient (Wildman–Crippen LogP) is 2.07. The Kier molecular flexibility index (Phi) is 2.63. The molecular weight excluding hydrogens is 212 g/mol. The minimum absolute atomic E-state index is 0.162. The molecule has 90 valence electrons. The van der Waals surface area contributed by atoms with Gasteiger partial charge in [0.25, 0.3) is 0 Å². The first-order valence-corrected chi connectivity index (χ1v) is 6.36. The van der Waals surface area contributed by atoms with E-state index in [0.717, 1.165) is 18.5 Å². The highest BCUT2D eigenvalue weighted by Gasteiger charge is 2.42. The van der Waals surface area contributed by atoms with Crippen molar-refractivity contribution in [1.82, 2.24) is 5.32 Å². The largest absolute Gasteiger partial charge is 0.326 e. The highest BCUT2D eigenvalue weighted by atomic mass is 16.2. The van der Waals surface area contributed by atoms with E-state index in [2.05, 4.69) is 10.6 Å². The predicted molar refractivity (Wildman–Crippen MR) is 67.9 cm³/mol. The first-order valence-electron chi connectivity index (χ1n) is 6.36. The van der Waals surface area contributed by atoms with Gasteiger partial charge in [0.2, 0.25) is 5.91 Å². The van der Waals surface area contributed by atoms with Crippen LogP contribution in [0.5, 0.6) is 0 Å². The average Bonchev–Trinajstić information content (AvgIpc) is 2.94. The van der Waals surface area contributed by atoms with Crippen molar-refractivity contribution in [2.24, 2.45) is 5.92 Å². The molecule has 2 saturated heterocycles. The summed E-state index contributed by atoms with van der Waals surface area (Å²) < 4.78 is 0. The lowest BCUT2D eigenvalue weighted by Crippen LogP contribution is -2.32. The van der Waals surface area contributed by atoms with E-state index in [1.165, 1.54) is 12.0 Å². The molecule has 3 heteroatoms. The van der Waals surface area contributed by atoms with Gasteiger partial charge < -0.3 is 10.6 Å². The van der Waals surface area contributed by atoms with Crippen LogP contribution in [0.1, 0.15) is 24.8 Å². The summed E-state index contributed by atoms with van der Waals surface area (Å²) in [6.45, 7) is 2.05. The van der Waals surface area contributed by atoms with Crippen LogP contribution in [0.4, 0.5) is 5.69 Å². The number of rotatable bonds is 2. The summed E-state index contributed by atoms with van der Waals surface area (Å²) in [5.41, 5.74) is 2.12. The third-order valence-corrected chi connectivity index (χ3v) is 3.96. The van der Waals surface area contributed by atoms with Gasteiger partial charge in [-0.1, -0.05) is 17.7 Å². The van der Waals surface area contributed by atoms with Crippen molar-refractivity contribution in [1.29, 1.82) is 0 Å². The van der Waals surface area contributed by atoms with Gasteiger partial charge in [-0.05, 0) is 38.3 Å². The van der Waals surface area contributed by atoms with E-state index in [9.17, 15) is 4.79 Å². The van der Waals surface area contributed by atoms with E-state index < -0.39 is 0 Å². The Morgan fingerprint density at radius 3 is 2.65 bits per heavy atom. The second kappa shape index (κ2) is 4.15. The normalized spacial score (nSPS) is 30.5. The van der Waals surface area contributed by atoms with E-state index in [1.54, 1.807) is 0 Å². The number of benzene rings is 1. The monoisotopic (exact) mass is 230 g/mol. The van der Waals surface area contributed by atoms with Gasteiger partial charge in [0.15, 0.2) is 0 Å². The summed E-state index contributed by atoms with van der Waals surface area (Å²) in [5, 5.41) is 6.51. The Morgan fingerprint density at radius 2 is 2.06 bits per heavy atom. The molecule has 0 radical (unpaired) electrons. The average molecular weight is 230 g/mol. The third-order valence-electron chi connectivity index (χ3n) is 3.96. The van der Waals surface area contributed by atoms with Crippen LogP contribution in [-0.2, 0) is 4.79 Å². The van der Waals surface area contributed by atoms with Crippen molar-refractivity contribution in [2.75, 3.05) is 5.32 Å². The quantitative estimate of drug-likeness (QED) is 0.816. The van der Waals surface area contributed by atoms with Gasteiger partial charge in [-0.15, -0.1) is 0 Å². The van der Waals surface area contributed by atoms with Crippen LogP contribution >= 0.6 is 0 Å². The third kappa shape index (κ3) is 2.07. The van der Waals surface area contributed by atoms with Gasteiger partial charge in [-0.3, -0.25) is 4.79 Å². The zero-order valence-electron chi connectivity index (χ0n) is 10.1. The van der Waals surface area contributed by atoms with Crippen molar-refractivity contribution in [3.63, 3.8) is 0 Å². The summed E-state index contributed by atoms with van der Waals surface area (Å²) in [5.74, 6) is 0.337. The smallest absolute Gasteiger partial charge is 0.229 e. The number of hydrogen-bond donors (Lipinski definition) is 2. The molecule has 3 atom stereocenters. The molecule has 2 aliphatic heterocycles. The standard InChI is InChI=1S/C14H18N2O/c1-9-2-4-10(5-3-9)16-14(17)12-8-11-6-7-13(12)15-11/h2-5,11-13,15H,6-8H2,1H3,(H,16,17). The fourth-order valence-electron chi connectivity index (χ4n) is 2.99. The second-order valence-corrected chi connectivity index (χ2v) is 5.24. The summed E-state index contributed by atoms with van der Waals surface area (Å²) >= 11 is 0. The van der Waals surface area contributed by atoms with Crippen LogP contribution in [0, 0.1) is 12.8 Å². The maximum Gasteiger partial charge on any atom is 0.229 e. The van der Waals surface area contributed by atoms with Gasteiger partial charge in [0, 0.05) is 17.8 Å². The molecule has 2 fully saturated rings. The maximum atomic E-state index is 12.1. The maximum absolute atomic E-state index is 12.1. The zero-order valence-corrected chi connectivity index (χ0v) is 10.1. The molecule has 0 aromatic heterocycles. The molecule has 1 aromatic rings. The number of aryl methyl sites for hydroxylation is 1. The molecule has 3 rings (SSSR count). The van der Waals surface area contributed by atoms with Crippen molar-refractivity contribution in [3.05, 3.63) is 29.8 Å². The fraction of sp³-hybridized carbons (Fsp3) is 0.500. The van der Waals surface area contributed by atoms with Gasteiger partial charge in [0.1, 0.15) is 0 Å². The topological polar surface area (TPSA) is 41.1 Å². The van der Waals surface area contributed by atoms with Crippen LogP contribution in [0.2, 0.25) is 0 Å². The van der Waals surface area contributed by atoms with Gasteiger partial charge >= 0.3 is 0 Å². The zero-order chi connectivity index (χ0) is 11.8. The van der Waals surface area contributed by atoms with Crippen molar-refractivity contribution in [2.45, 2.75) is 38.3 Å². The lowest BCUT2D eigenvalue weighted by molar-refractivity contribution is -0.120. The SMILES string of the molecule is Cc1ccc(NC(=O)C2CC3CCC2N3)cc1. The van der Waals surface area contributed by atoms with E-state index in [1.807, 2.05) is 31.2 Å². The number of carbonyl (C=O) groups excluding carboxylic acids is 1. The van der Waals surface area contributed by atoms with E-state index in [0.29, 0.717) is 12.1 Å². The first kappa shape index (κ1) is 10.8. The van der Waals surface area contributed by atoms with Gasteiger partial charge in [0.05, 0.1) is 5.92 Å². The number of anilines is 1. The summed E-state index contributed by atoms with van der Waals surface area (Å²) in [4.78, 5) is 12.1. The van der Waals surface area contributed by atoms with Crippen LogP contribution < -0.4 is 10.6 Å². The van der Waals surface area contributed by atoms with Crippen LogP contribution in [0.25, 0.3) is 0 Å². The molecule has 3 unspecified atom stereocenters. The lowest BCUT2D eigenvalue weighted by atomic mass is 9.88. The molecule has 3 nitrogen and oxygen atoms in total. The molecular formula is C14H18N2O. The number of hydrogen-bond acceptors (Lipinski definition) is 2. The van der Waals surface area contributed by atoms with Crippen LogP contribution in [0.3, 0.4) is 0 Å². The molecule has 17 heavy (non-hydrogen) atoms. The molecule has 2 heterocycles.